The number of carbonyl (C=O) groups excluding carboxylic acids is 2. The number of fused-ring (bicyclic) bond motifs is 1. The first-order valence-corrected chi connectivity index (χ1v) is 9.23. The number of imidazole rings is 1. The van der Waals surface area contributed by atoms with E-state index in [1.807, 2.05) is 32.0 Å². The lowest BCUT2D eigenvalue weighted by molar-refractivity contribution is -0.144. The summed E-state index contributed by atoms with van der Waals surface area (Å²) >= 11 is 6.42. The number of H-pyrrole nitrogens is 1. The molecule has 2 aromatic rings. The molecule has 144 valence electrons. The number of nitrogens with one attached hydrogen (secondary N) is 2. The highest BCUT2D eigenvalue weighted by molar-refractivity contribution is 6.31. The van der Waals surface area contributed by atoms with Gasteiger partial charge >= 0.3 is 12.0 Å². The van der Waals surface area contributed by atoms with Gasteiger partial charge in [0.05, 0.1) is 19.1 Å². The quantitative estimate of drug-likeness (QED) is 0.786. The second kappa shape index (κ2) is 8.00. The van der Waals surface area contributed by atoms with Crippen LogP contribution in [0.15, 0.2) is 30.6 Å². The number of urea groups is 1. The zero-order valence-corrected chi connectivity index (χ0v) is 16.3. The van der Waals surface area contributed by atoms with E-state index in [1.165, 1.54) is 7.11 Å². The highest BCUT2D eigenvalue weighted by Crippen LogP contribution is 2.36. The Bertz CT molecular complexity index is 836. The van der Waals surface area contributed by atoms with Gasteiger partial charge in [-0.3, -0.25) is 0 Å². The maximum Gasteiger partial charge on any atom is 0.328 e. The molecule has 27 heavy (non-hydrogen) atoms. The second-order valence-corrected chi connectivity index (χ2v) is 7.24. The number of carbonyl (C=O) groups is 2. The van der Waals surface area contributed by atoms with Crippen LogP contribution in [0.4, 0.5) is 4.79 Å². The number of benzene rings is 1. The van der Waals surface area contributed by atoms with Crippen LogP contribution in [0.25, 0.3) is 0 Å². The normalized spacial score (nSPS) is 17.4. The van der Waals surface area contributed by atoms with Crippen molar-refractivity contribution in [3.63, 3.8) is 0 Å². The van der Waals surface area contributed by atoms with Crippen molar-refractivity contribution in [2.75, 3.05) is 13.7 Å². The van der Waals surface area contributed by atoms with Gasteiger partial charge in [-0.1, -0.05) is 43.6 Å². The van der Waals surface area contributed by atoms with Crippen molar-refractivity contribution in [1.82, 2.24) is 20.2 Å². The fourth-order valence-corrected chi connectivity index (χ4v) is 3.59. The molecule has 8 heteroatoms. The van der Waals surface area contributed by atoms with Gasteiger partial charge in [0, 0.05) is 23.7 Å². The summed E-state index contributed by atoms with van der Waals surface area (Å²) in [6.07, 6.45) is 2.27. The van der Waals surface area contributed by atoms with Crippen LogP contribution in [-0.4, -0.2) is 46.6 Å². The Labute approximate surface area is 163 Å². The Morgan fingerprint density at radius 3 is 2.78 bits per heavy atom. The van der Waals surface area contributed by atoms with Gasteiger partial charge in [-0.25, -0.2) is 14.6 Å². The molecule has 0 aliphatic carbocycles. The number of ether oxygens (including phenoxy) is 1. The van der Waals surface area contributed by atoms with E-state index in [-0.39, 0.29) is 11.9 Å². The number of methoxy groups -OCH3 is 1. The topological polar surface area (TPSA) is 87.3 Å². The minimum absolute atomic E-state index is 0.106. The summed E-state index contributed by atoms with van der Waals surface area (Å²) in [5.41, 5.74) is 2.54. The SMILES string of the molecule is COC(=O)[C@@H](NC(=O)N1CCc2[nH]cnc2[C@H]1c1ccccc1Cl)C(C)C. The molecular formula is C19H23ClN4O3. The predicted molar refractivity (Wildman–Crippen MR) is 101 cm³/mol. The monoisotopic (exact) mass is 390 g/mol. The Kier molecular flexibility index (Phi) is 5.70. The second-order valence-electron chi connectivity index (χ2n) is 6.83. The molecule has 1 aromatic carbocycles. The van der Waals surface area contributed by atoms with Gasteiger partial charge in [0.2, 0.25) is 0 Å². The number of aromatic nitrogens is 2. The van der Waals surface area contributed by atoms with E-state index in [1.54, 1.807) is 17.3 Å². The van der Waals surface area contributed by atoms with Gasteiger partial charge in [0.1, 0.15) is 12.1 Å². The number of hydrogen-bond donors (Lipinski definition) is 2. The number of halogens is 1. The van der Waals surface area contributed by atoms with Gasteiger partial charge in [0.15, 0.2) is 0 Å². The Hall–Kier alpha value is -2.54. The minimum Gasteiger partial charge on any atom is -0.467 e. The molecule has 0 bridgehead atoms. The van der Waals surface area contributed by atoms with Gasteiger partial charge in [0.25, 0.3) is 0 Å². The van der Waals surface area contributed by atoms with Crippen LogP contribution in [0.1, 0.15) is 36.8 Å². The summed E-state index contributed by atoms with van der Waals surface area (Å²) in [5.74, 6) is -0.573. The number of rotatable bonds is 4. The van der Waals surface area contributed by atoms with Crippen LogP contribution in [0, 0.1) is 5.92 Å². The standard InChI is InChI=1S/C19H23ClN4O3/c1-11(2)15(18(25)27-3)23-19(26)24-9-8-14-16(22-10-21-14)17(24)12-6-4-5-7-13(12)20/h4-7,10-11,15,17H,8-9H2,1-3H3,(H,21,22)(H,23,26)/t15-,17+/m0/s1. The molecule has 0 saturated heterocycles. The molecule has 1 aromatic heterocycles. The summed E-state index contributed by atoms with van der Waals surface area (Å²) in [6.45, 7) is 4.19. The predicted octanol–water partition coefficient (Wildman–Crippen LogP) is 2.92. The first kappa shape index (κ1) is 19.2. The van der Waals surface area contributed by atoms with E-state index >= 15 is 0 Å². The van der Waals surface area contributed by atoms with E-state index in [0.717, 1.165) is 17.0 Å². The largest absolute Gasteiger partial charge is 0.467 e. The molecule has 1 aliphatic heterocycles. The average molecular weight is 391 g/mol. The molecule has 0 saturated carbocycles. The van der Waals surface area contributed by atoms with E-state index in [9.17, 15) is 9.59 Å². The number of aromatic amines is 1. The van der Waals surface area contributed by atoms with Crippen molar-refractivity contribution in [3.8, 4) is 0 Å². The summed E-state index contributed by atoms with van der Waals surface area (Å²) < 4.78 is 4.83. The Morgan fingerprint density at radius 1 is 1.37 bits per heavy atom. The molecular weight excluding hydrogens is 368 g/mol. The highest BCUT2D eigenvalue weighted by atomic mass is 35.5. The van der Waals surface area contributed by atoms with Crippen LogP contribution in [0.3, 0.4) is 0 Å². The average Bonchev–Trinajstić information content (AvgIpc) is 3.13. The Balaban J connectivity index is 1.95. The number of hydrogen-bond acceptors (Lipinski definition) is 4. The maximum atomic E-state index is 13.1. The molecule has 0 fully saturated rings. The fraction of sp³-hybridized carbons (Fsp3) is 0.421. The van der Waals surface area contributed by atoms with Gasteiger partial charge in [-0.15, -0.1) is 0 Å². The summed E-state index contributed by atoms with van der Waals surface area (Å²) in [6, 6.07) is 5.89. The van der Waals surface area contributed by atoms with Gasteiger partial charge in [-0.05, 0) is 17.5 Å². The van der Waals surface area contributed by atoms with Crippen LogP contribution in [-0.2, 0) is 16.0 Å². The van der Waals surface area contributed by atoms with Crippen LogP contribution >= 0.6 is 11.6 Å². The van der Waals surface area contributed by atoms with Gasteiger partial charge in [-0.2, -0.15) is 0 Å². The van der Waals surface area contributed by atoms with Crippen LogP contribution in [0.2, 0.25) is 5.02 Å². The summed E-state index contributed by atoms with van der Waals surface area (Å²) in [7, 11) is 1.31. The van der Waals surface area contributed by atoms with Crippen molar-refractivity contribution in [1.29, 1.82) is 0 Å². The Morgan fingerprint density at radius 2 is 2.11 bits per heavy atom. The van der Waals surface area contributed by atoms with E-state index in [2.05, 4.69) is 15.3 Å². The third-order valence-electron chi connectivity index (χ3n) is 4.79. The summed E-state index contributed by atoms with van der Waals surface area (Å²) in [4.78, 5) is 34.4. The fourth-order valence-electron chi connectivity index (χ4n) is 3.35. The van der Waals surface area contributed by atoms with E-state index in [0.29, 0.717) is 18.0 Å². The zero-order chi connectivity index (χ0) is 19.6. The van der Waals surface area contributed by atoms with Crippen molar-refractivity contribution < 1.29 is 14.3 Å². The molecule has 0 spiro atoms. The molecule has 2 heterocycles. The first-order valence-electron chi connectivity index (χ1n) is 8.85. The third-order valence-corrected chi connectivity index (χ3v) is 5.13. The molecule has 0 radical (unpaired) electrons. The first-order chi connectivity index (χ1) is 12.9. The van der Waals surface area contributed by atoms with Crippen molar-refractivity contribution in [2.45, 2.75) is 32.4 Å². The van der Waals surface area contributed by atoms with E-state index in [4.69, 9.17) is 16.3 Å². The van der Waals surface area contributed by atoms with Gasteiger partial charge < -0.3 is 19.9 Å². The number of amides is 2. The van der Waals surface area contributed by atoms with E-state index < -0.39 is 18.1 Å². The van der Waals surface area contributed by atoms with Crippen LogP contribution < -0.4 is 5.32 Å². The molecule has 1 aliphatic rings. The smallest absolute Gasteiger partial charge is 0.328 e. The summed E-state index contributed by atoms with van der Waals surface area (Å²) in [5, 5.41) is 3.37. The zero-order valence-electron chi connectivity index (χ0n) is 15.5. The molecule has 2 atom stereocenters. The van der Waals surface area contributed by atoms with Crippen molar-refractivity contribution in [2.24, 2.45) is 5.92 Å². The number of esters is 1. The van der Waals surface area contributed by atoms with Crippen LogP contribution in [0.5, 0.6) is 0 Å². The highest BCUT2D eigenvalue weighted by Gasteiger charge is 2.37. The molecule has 2 N–H and O–H groups in total. The minimum atomic E-state index is -0.727. The lowest BCUT2D eigenvalue weighted by atomic mass is 9.95. The molecule has 2 amide bonds. The molecule has 3 rings (SSSR count). The van der Waals surface area contributed by atoms with Crippen molar-refractivity contribution >= 4 is 23.6 Å². The number of nitrogens with zero attached hydrogens (tertiary/aromatic N) is 2. The maximum absolute atomic E-state index is 13.1. The van der Waals surface area contributed by atoms with Crippen molar-refractivity contribution in [3.05, 3.63) is 52.6 Å². The lowest BCUT2D eigenvalue weighted by Gasteiger charge is -2.36. The molecule has 7 nitrogen and oxygen atoms in total. The lowest BCUT2D eigenvalue weighted by Crippen LogP contribution is -2.53. The molecule has 0 unspecified atom stereocenters. The third kappa shape index (κ3) is 3.78.